The summed E-state index contributed by atoms with van der Waals surface area (Å²) in [7, 11) is 0. The normalized spacial score (nSPS) is 25.3. The maximum atomic E-state index is 4.47. The Labute approximate surface area is 115 Å². The lowest BCUT2D eigenvalue weighted by Crippen LogP contribution is -2.33. The summed E-state index contributed by atoms with van der Waals surface area (Å²) in [6.07, 6.45) is 10.2. The van der Waals surface area contributed by atoms with Gasteiger partial charge in [0.05, 0.1) is 5.01 Å². The molecule has 2 nitrogen and oxygen atoms in total. The lowest BCUT2D eigenvalue weighted by atomic mass is 9.85. The fourth-order valence-electron chi connectivity index (χ4n) is 2.96. The molecule has 0 bridgehead atoms. The van der Waals surface area contributed by atoms with Crippen LogP contribution in [0.1, 0.15) is 51.0 Å². The van der Waals surface area contributed by atoms with Crippen LogP contribution in [0, 0.1) is 11.8 Å². The average Bonchev–Trinajstić information content (AvgIpc) is 2.74. The third-order valence-corrected chi connectivity index (χ3v) is 4.83. The largest absolute Gasteiger partial charge is 0.314 e. The molecule has 1 aromatic rings. The van der Waals surface area contributed by atoms with E-state index in [0.717, 1.165) is 11.8 Å². The highest BCUT2D eigenvalue weighted by molar-refractivity contribution is 7.09. The van der Waals surface area contributed by atoms with Crippen LogP contribution in [0.25, 0.3) is 0 Å². The molecule has 1 aliphatic carbocycles. The Bertz CT molecular complexity index is 321. The molecule has 0 radical (unpaired) electrons. The Morgan fingerprint density at radius 2 is 2.06 bits per heavy atom. The van der Waals surface area contributed by atoms with Gasteiger partial charge in [0.2, 0.25) is 0 Å². The number of thiazole rings is 1. The minimum atomic E-state index is 0.605. The quantitative estimate of drug-likeness (QED) is 0.818. The maximum Gasteiger partial charge on any atom is 0.0927 e. The molecule has 2 atom stereocenters. The summed E-state index contributed by atoms with van der Waals surface area (Å²) in [4.78, 5) is 4.47. The molecule has 0 amide bonds. The molecule has 0 aliphatic heterocycles. The molecular formula is C15H26N2S. The van der Waals surface area contributed by atoms with Crippen molar-refractivity contribution in [3.05, 3.63) is 16.6 Å². The van der Waals surface area contributed by atoms with Crippen LogP contribution < -0.4 is 5.32 Å². The van der Waals surface area contributed by atoms with Crippen LogP contribution in [0.2, 0.25) is 0 Å². The van der Waals surface area contributed by atoms with Crippen molar-refractivity contribution in [2.75, 3.05) is 6.54 Å². The van der Waals surface area contributed by atoms with E-state index in [-0.39, 0.29) is 0 Å². The second kappa shape index (κ2) is 7.25. The average molecular weight is 266 g/mol. The zero-order valence-electron chi connectivity index (χ0n) is 11.7. The standard InChI is InChI=1S/C15H26N2S/c1-12(2)17-11-14-7-5-3-4-6-13(14)10-15-16-8-9-18-15/h8-9,12-14,17H,3-7,10-11H2,1-2H3. The topological polar surface area (TPSA) is 24.9 Å². The smallest absolute Gasteiger partial charge is 0.0927 e. The first-order valence-electron chi connectivity index (χ1n) is 7.37. The summed E-state index contributed by atoms with van der Waals surface area (Å²) in [5, 5.41) is 7.07. The molecule has 18 heavy (non-hydrogen) atoms. The Morgan fingerprint density at radius 1 is 1.28 bits per heavy atom. The number of nitrogens with zero attached hydrogens (tertiary/aromatic N) is 1. The highest BCUT2D eigenvalue weighted by Gasteiger charge is 2.24. The molecule has 1 saturated carbocycles. The van der Waals surface area contributed by atoms with Gasteiger partial charge in [-0.25, -0.2) is 4.98 Å². The number of hydrogen-bond donors (Lipinski definition) is 1. The predicted molar refractivity (Wildman–Crippen MR) is 79.0 cm³/mol. The van der Waals surface area contributed by atoms with Gasteiger partial charge in [-0.1, -0.05) is 33.1 Å². The first-order valence-corrected chi connectivity index (χ1v) is 8.25. The lowest BCUT2D eigenvalue weighted by Gasteiger charge is -2.25. The van der Waals surface area contributed by atoms with Crippen molar-refractivity contribution in [2.45, 2.75) is 58.4 Å². The van der Waals surface area contributed by atoms with Gasteiger partial charge in [-0.05, 0) is 31.2 Å². The number of aromatic nitrogens is 1. The third-order valence-electron chi connectivity index (χ3n) is 4.03. The van der Waals surface area contributed by atoms with Crippen molar-refractivity contribution in [2.24, 2.45) is 11.8 Å². The van der Waals surface area contributed by atoms with E-state index in [1.807, 2.05) is 17.5 Å². The van der Waals surface area contributed by atoms with Gasteiger partial charge in [-0.15, -0.1) is 11.3 Å². The van der Waals surface area contributed by atoms with E-state index in [1.165, 1.54) is 50.1 Å². The van der Waals surface area contributed by atoms with Gasteiger partial charge in [-0.3, -0.25) is 0 Å². The molecule has 1 heterocycles. The van der Waals surface area contributed by atoms with Crippen LogP contribution in [0.5, 0.6) is 0 Å². The second-order valence-electron chi connectivity index (χ2n) is 5.85. The Kier molecular flexibility index (Phi) is 5.64. The van der Waals surface area contributed by atoms with Crippen LogP contribution in [0.3, 0.4) is 0 Å². The third kappa shape index (κ3) is 4.36. The molecule has 0 aromatic carbocycles. The molecule has 0 spiro atoms. The molecule has 0 saturated heterocycles. The van der Waals surface area contributed by atoms with Gasteiger partial charge in [0.25, 0.3) is 0 Å². The highest BCUT2D eigenvalue weighted by Crippen LogP contribution is 2.31. The van der Waals surface area contributed by atoms with Gasteiger partial charge < -0.3 is 5.32 Å². The Morgan fingerprint density at radius 3 is 2.72 bits per heavy atom. The van der Waals surface area contributed by atoms with Crippen molar-refractivity contribution in [3.63, 3.8) is 0 Å². The number of nitrogens with one attached hydrogen (secondary N) is 1. The minimum Gasteiger partial charge on any atom is -0.314 e. The summed E-state index contributed by atoms with van der Waals surface area (Å²) in [6.45, 7) is 5.67. The highest BCUT2D eigenvalue weighted by atomic mass is 32.1. The number of hydrogen-bond acceptors (Lipinski definition) is 3. The molecule has 1 aromatic heterocycles. The summed E-state index contributed by atoms with van der Waals surface area (Å²) >= 11 is 1.82. The van der Waals surface area contributed by atoms with Crippen LogP contribution in [-0.2, 0) is 6.42 Å². The van der Waals surface area contributed by atoms with Gasteiger partial charge in [0.15, 0.2) is 0 Å². The van der Waals surface area contributed by atoms with Gasteiger partial charge in [0.1, 0.15) is 0 Å². The Balaban J connectivity index is 1.93. The van der Waals surface area contributed by atoms with Crippen molar-refractivity contribution in [1.82, 2.24) is 10.3 Å². The zero-order valence-corrected chi connectivity index (χ0v) is 12.5. The minimum absolute atomic E-state index is 0.605. The van der Waals surface area contributed by atoms with Crippen LogP contribution in [0.15, 0.2) is 11.6 Å². The van der Waals surface area contributed by atoms with Gasteiger partial charge in [-0.2, -0.15) is 0 Å². The van der Waals surface area contributed by atoms with Crippen molar-refractivity contribution < 1.29 is 0 Å². The van der Waals surface area contributed by atoms with Crippen molar-refractivity contribution in [1.29, 1.82) is 0 Å². The van der Waals surface area contributed by atoms with E-state index in [0.29, 0.717) is 6.04 Å². The van der Waals surface area contributed by atoms with Crippen molar-refractivity contribution in [3.8, 4) is 0 Å². The monoisotopic (exact) mass is 266 g/mol. The molecule has 2 unspecified atom stereocenters. The van der Waals surface area contributed by atoms with E-state index in [9.17, 15) is 0 Å². The summed E-state index contributed by atoms with van der Waals surface area (Å²) < 4.78 is 0. The molecular weight excluding hydrogens is 240 g/mol. The van der Waals surface area contributed by atoms with E-state index >= 15 is 0 Å². The fourth-order valence-corrected chi connectivity index (χ4v) is 3.67. The number of rotatable bonds is 5. The molecule has 102 valence electrons. The van der Waals surface area contributed by atoms with E-state index in [2.05, 4.69) is 29.5 Å². The second-order valence-corrected chi connectivity index (χ2v) is 6.83. The van der Waals surface area contributed by atoms with E-state index in [1.54, 1.807) is 0 Å². The summed E-state index contributed by atoms with van der Waals surface area (Å²) in [5.74, 6) is 1.68. The molecule has 1 fully saturated rings. The van der Waals surface area contributed by atoms with E-state index < -0.39 is 0 Å². The maximum absolute atomic E-state index is 4.47. The first-order chi connectivity index (χ1) is 8.75. The van der Waals surface area contributed by atoms with Crippen LogP contribution in [0.4, 0.5) is 0 Å². The SMILES string of the molecule is CC(C)NCC1CCCCCC1Cc1nccs1. The lowest BCUT2D eigenvalue weighted by molar-refractivity contribution is 0.291. The van der Waals surface area contributed by atoms with Crippen LogP contribution in [-0.4, -0.2) is 17.6 Å². The van der Waals surface area contributed by atoms with Crippen LogP contribution >= 0.6 is 11.3 Å². The summed E-state index contributed by atoms with van der Waals surface area (Å²) in [5.41, 5.74) is 0. The fraction of sp³-hybridized carbons (Fsp3) is 0.800. The van der Waals surface area contributed by atoms with E-state index in [4.69, 9.17) is 0 Å². The van der Waals surface area contributed by atoms with Crippen molar-refractivity contribution >= 4 is 11.3 Å². The first kappa shape index (κ1) is 14.0. The summed E-state index contributed by atoms with van der Waals surface area (Å²) in [6, 6.07) is 0.605. The predicted octanol–water partition coefficient (Wildman–Crippen LogP) is 3.88. The Hall–Kier alpha value is -0.410. The molecule has 1 aliphatic rings. The molecule has 2 rings (SSSR count). The molecule has 1 N–H and O–H groups in total. The zero-order chi connectivity index (χ0) is 12.8. The molecule has 3 heteroatoms. The van der Waals surface area contributed by atoms with Gasteiger partial charge >= 0.3 is 0 Å². The van der Waals surface area contributed by atoms with Gasteiger partial charge in [0, 0.05) is 24.0 Å².